The van der Waals surface area contributed by atoms with Gasteiger partial charge in [0.15, 0.2) is 0 Å². The molecule has 1 unspecified atom stereocenters. The summed E-state index contributed by atoms with van der Waals surface area (Å²) in [4.78, 5) is 27.3. The molecule has 0 aliphatic carbocycles. The lowest BCUT2D eigenvalue weighted by molar-refractivity contribution is -0.140. The highest BCUT2D eigenvalue weighted by Gasteiger charge is 2.46. The Balaban J connectivity index is 2.12. The minimum Gasteiger partial charge on any atom is -0.507 e. The zero-order valence-corrected chi connectivity index (χ0v) is 18.7. The van der Waals surface area contributed by atoms with Crippen LogP contribution in [0.1, 0.15) is 43.0 Å². The number of aliphatic hydroxyl groups excluding tert-OH is 1. The van der Waals surface area contributed by atoms with Crippen LogP contribution < -0.4 is 4.74 Å². The summed E-state index contributed by atoms with van der Waals surface area (Å²) in [6.07, 6.45) is 0.491. The molecule has 3 rings (SSSR count). The average molecular weight is 441 g/mol. The van der Waals surface area contributed by atoms with Crippen LogP contribution in [0.2, 0.25) is 0 Å². The van der Waals surface area contributed by atoms with Crippen LogP contribution in [0.25, 0.3) is 5.76 Å². The van der Waals surface area contributed by atoms with E-state index in [9.17, 15) is 19.1 Å². The summed E-state index contributed by atoms with van der Waals surface area (Å²) in [6.45, 7) is 6.20. The standard InChI is InChI=1S/C25H28FNO5/c1-15(2)32-13-7-12-27-22(17-8-5-6-9-19(17)26)21(24(29)25(27)30)23(28)18-14-16(3)10-11-20(18)31-4/h5-6,8-11,14-15,22,28H,7,12-13H2,1-4H3/b23-21+. The summed E-state index contributed by atoms with van der Waals surface area (Å²) in [7, 11) is 1.45. The highest BCUT2D eigenvalue weighted by molar-refractivity contribution is 6.46. The third-order valence-electron chi connectivity index (χ3n) is 5.34. The molecule has 1 N–H and O–H groups in total. The van der Waals surface area contributed by atoms with Crippen molar-refractivity contribution in [2.24, 2.45) is 0 Å². The Morgan fingerprint density at radius 2 is 1.91 bits per heavy atom. The van der Waals surface area contributed by atoms with Gasteiger partial charge in [-0.25, -0.2) is 4.39 Å². The zero-order chi connectivity index (χ0) is 23.4. The minimum absolute atomic E-state index is 0.0292. The Labute approximate surface area is 187 Å². The van der Waals surface area contributed by atoms with Gasteiger partial charge in [-0.15, -0.1) is 0 Å². The van der Waals surface area contributed by atoms with Crippen molar-refractivity contribution < 1.29 is 28.6 Å². The van der Waals surface area contributed by atoms with Crippen LogP contribution in [0.4, 0.5) is 4.39 Å². The first-order chi connectivity index (χ1) is 15.3. The first-order valence-corrected chi connectivity index (χ1v) is 10.6. The number of methoxy groups -OCH3 is 1. The summed E-state index contributed by atoms with van der Waals surface area (Å²) in [6, 6.07) is 10.0. The van der Waals surface area contributed by atoms with Crippen molar-refractivity contribution in [1.82, 2.24) is 4.90 Å². The zero-order valence-electron chi connectivity index (χ0n) is 18.7. The fourth-order valence-corrected chi connectivity index (χ4v) is 3.84. The van der Waals surface area contributed by atoms with E-state index in [0.717, 1.165) is 5.56 Å². The number of carbonyl (C=O) groups is 2. The molecule has 0 spiro atoms. The second-order valence-electron chi connectivity index (χ2n) is 7.99. The Morgan fingerprint density at radius 1 is 1.19 bits per heavy atom. The largest absolute Gasteiger partial charge is 0.507 e. The van der Waals surface area contributed by atoms with Crippen LogP contribution in [0.5, 0.6) is 5.75 Å². The van der Waals surface area contributed by atoms with Crippen molar-refractivity contribution in [2.75, 3.05) is 20.3 Å². The predicted molar refractivity (Wildman–Crippen MR) is 119 cm³/mol. The van der Waals surface area contributed by atoms with Gasteiger partial charge < -0.3 is 19.5 Å². The molecule has 7 heteroatoms. The second-order valence-corrected chi connectivity index (χ2v) is 7.99. The third-order valence-corrected chi connectivity index (χ3v) is 5.34. The van der Waals surface area contributed by atoms with Crippen LogP contribution in [0.15, 0.2) is 48.0 Å². The monoisotopic (exact) mass is 441 g/mol. The van der Waals surface area contributed by atoms with Gasteiger partial charge in [0.25, 0.3) is 11.7 Å². The smallest absolute Gasteiger partial charge is 0.295 e. The van der Waals surface area contributed by atoms with Crippen LogP contribution in [-0.4, -0.2) is 48.1 Å². The Morgan fingerprint density at radius 3 is 2.56 bits per heavy atom. The molecule has 6 nitrogen and oxygen atoms in total. The van der Waals surface area contributed by atoms with E-state index in [1.807, 2.05) is 20.8 Å². The van der Waals surface area contributed by atoms with Gasteiger partial charge >= 0.3 is 0 Å². The molecule has 2 aromatic rings. The molecule has 1 fully saturated rings. The maximum Gasteiger partial charge on any atom is 0.295 e. The van der Waals surface area contributed by atoms with E-state index in [-0.39, 0.29) is 29.3 Å². The normalized spacial score (nSPS) is 17.9. The number of ketones is 1. The highest BCUT2D eigenvalue weighted by atomic mass is 19.1. The number of halogens is 1. The molecular formula is C25H28FNO5. The van der Waals surface area contributed by atoms with E-state index >= 15 is 0 Å². The molecule has 1 amide bonds. The van der Waals surface area contributed by atoms with Gasteiger partial charge in [0.05, 0.1) is 30.4 Å². The number of benzene rings is 2. The maximum atomic E-state index is 14.8. The van der Waals surface area contributed by atoms with E-state index < -0.39 is 29.3 Å². The number of hydrogen-bond donors (Lipinski definition) is 1. The van der Waals surface area contributed by atoms with Crippen LogP contribution >= 0.6 is 0 Å². The van der Waals surface area contributed by atoms with Crippen molar-refractivity contribution in [2.45, 2.75) is 39.3 Å². The van der Waals surface area contributed by atoms with Crippen molar-refractivity contribution in [3.8, 4) is 5.75 Å². The lowest BCUT2D eigenvalue weighted by atomic mass is 9.94. The molecule has 1 aliphatic heterocycles. The molecule has 0 saturated carbocycles. The second kappa shape index (κ2) is 9.96. The fraction of sp³-hybridized carbons (Fsp3) is 0.360. The van der Waals surface area contributed by atoms with E-state index in [1.54, 1.807) is 24.3 Å². The molecule has 0 aromatic heterocycles. The number of carbonyl (C=O) groups excluding carboxylic acids is 2. The lowest BCUT2D eigenvalue weighted by Crippen LogP contribution is -2.31. The Kier molecular flexibility index (Phi) is 7.30. The summed E-state index contributed by atoms with van der Waals surface area (Å²) >= 11 is 0. The van der Waals surface area contributed by atoms with Crippen molar-refractivity contribution in [3.63, 3.8) is 0 Å². The van der Waals surface area contributed by atoms with Crippen LogP contribution in [0, 0.1) is 12.7 Å². The molecule has 32 heavy (non-hydrogen) atoms. The summed E-state index contributed by atoms with van der Waals surface area (Å²) in [5.41, 5.74) is 1.09. The molecule has 2 aromatic carbocycles. The number of aryl methyl sites for hydroxylation is 1. The van der Waals surface area contributed by atoms with Crippen molar-refractivity contribution in [3.05, 3.63) is 70.5 Å². The highest BCUT2D eigenvalue weighted by Crippen LogP contribution is 2.41. The molecule has 1 saturated heterocycles. The number of aliphatic hydroxyl groups is 1. The van der Waals surface area contributed by atoms with Crippen molar-refractivity contribution >= 4 is 17.4 Å². The Bertz CT molecular complexity index is 1050. The van der Waals surface area contributed by atoms with Gasteiger partial charge in [-0.05, 0) is 45.4 Å². The number of nitrogens with zero attached hydrogens (tertiary/aromatic N) is 1. The van der Waals surface area contributed by atoms with Crippen molar-refractivity contribution in [1.29, 1.82) is 0 Å². The van der Waals surface area contributed by atoms with Gasteiger partial charge in [-0.1, -0.05) is 29.8 Å². The first-order valence-electron chi connectivity index (χ1n) is 10.6. The first kappa shape index (κ1) is 23.5. The van der Waals surface area contributed by atoms with E-state index in [2.05, 4.69) is 0 Å². The van der Waals surface area contributed by atoms with Gasteiger partial charge in [-0.2, -0.15) is 0 Å². The molecule has 170 valence electrons. The fourth-order valence-electron chi connectivity index (χ4n) is 3.84. The molecule has 1 atom stereocenters. The lowest BCUT2D eigenvalue weighted by Gasteiger charge is -2.26. The summed E-state index contributed by atoms with van der Waals surface area (Å²) < 4.78 is 25.7. The molecule has 1 aliphatic rings. The number of rotatable bonds is 8. The maximum absolute atomic E-state index is 14.8. The van der Waals surface area contributed by atoms with Gasteiger partial charge in [0.2, 0.25) is 0 Å². The third kappa shape index (κ3) is 4.67. The van der Waals surface area contributed by atoms with E-state index in [4.69, 9.17) is 9.47 Å². The van der Waals surface area contributed by atoms with Crippen LogP contribution in [-0.2, 0) is 14.3 Å². The molecule has 0 radical (unpaired) electrons. The topological polar surface area (TPSA) is 76.1 Å². The molecular weight excluding hydrogens is 413 g/mol. The van der Waals surface area contributed by atoms with Crippen LogP contribution in [0.3, 0.4) is 0 Å². The number of likely N-dealkylation sites (tertiary alicyclic amines) is 1. The van der Waals surface area contributed by atoms with Gasteiger partial charge in [0.1, 0.15) is 17.3 Å². The predicted octanol–water partition coefficient (Wildman–Crippen LogP) is 4.38. The van der Waals surface area contributed by atoms with Gasteiger partial charge in [0, 0.05) is 18.7 Å². The molecule has 1 heterocycles. The average Bonchev–Trinajstić information content (AvgIpc) is 3.01. The van der Waals surface area contributed by atoms with E-state index in [1.165, 1.54) is 30.2 Å². The number of Topliss-reactive ketones (excluding diaryl/α,β-unsaturated/α-hetero) is 1. The number of amides is 1. The van der Waals surface area contributed by atoms with Gasteiger partial charge in [-0.3, -0.25) is 9.59 Å². The summed E-state index contributed by atoms with van der Waals surface area (Å²) in [5.74, 6) is -2.25. The molecule has 0 bridgehead atoms. The Hall–Kier alpha value is -3.19. The number of hydrogen-bond acceptors (Lipinski definition) is 5. The van der Waals surface area contributed by atoms with E-state index in [0.29, 0.717) is 18.8 Å². The summed E-state index contributed by atoms with van der Waals surface area (Å²) in [5, 5.41) is 11.2. The SMILES string of the molecule is COc1ccc(C)cc1/C(O)=C1\C(=O)C(=O)N(CCCOC(C)C)C1c1ccccc1F. The minimum atomic E-state index is -1.06. The number of ether oxygens (including phenoxy) is 2. The quantitative estimate of drug-likeness (QED) is 0.285.